The van der Waals surface area contributed by atoms with E-state index in [1.807, 2.05) is 44.2 Å². The summed E-state index contributed by atoms with van der Waals surface area (Å²) < 4.78 is 24.5. The van der Waals surface area contributed by atoms with Gasteiger partial charge in [0.25, 0.3) is 5.56 Å². The average Bonchev–Trinajstić information content (AvgIpc) is 3.22. The van der Waals surface area contributed by atoms with Gasteiger partial charge in [0.05, 0.1) is 45.2 Å². The minimum atomic E-state index is -0.675. The highest BCUT2D eigenvalue weighted by Crippen LogP contribution is 2.35. The fraction of sp³-hybridized carbons (Fsp3) is 0.333. The molecule has 0 bridgehead atoms. The average molecular weight is 691 g/mol. The van der Waals surface area contributed by atoms with Crippen LogP contribution < -0.4 is 24.4 Å². The van der Waals surface area contributed by atoms with Crippen LogP contribution >= 0.6 is 33.9 Å². The number of rotatable bonds is 10. The number of fused-ring (bicyclic) bond motifs is 1. The van der Waals surface area contributed by atoms with E-state index >= 15 is 0 Å². The van der Waals surface area contributed by atoms with Crippen LogP contribution in [0.4, 0.5) is 0 Å². The van der Waals surface area contributed by atoms with Gasteiger partial charge in [-0.2, -0.15) is 0 Å². The molecule has 216 valence electrons. The molecule has 0 N–H and O–H groups in total. The first-order valence-electron chi connectivity index (χ1n) is 13.2. The van der Waals surface area contributed by atoms with E-state index in [4.69, 9.17) is 18.9 Å². The maximum atomic E-state index is 13.9. The second-order valence-corrected chi connectivity index (χ2v) is 11.2. The van der Waals surface area contributed by atoms with Crippen LogP contribution in [-0.4, -0.2) is 42.9 Å². The summed E-state index contributed by atoms with van der Waals surface area (Å²) in [6.07, 6.45) is 1.76. The van der Waals surface area contributed by atoms with Crippen LogP contribution in [0, 0.1) is 10.5 Å². The number of nitrogens with zero attached hydrogens (tertiary/aromatic N) is 2. The molecule has 0 aliphatic carbocycles. The van der Waals surface area contributed by atoms with E-state index in [0.29, 0.717) is 47.8 Å². The third-order valence-corrected chi connectivity index (χ3v) is 7.96. The first-order chi connectivity index (χ1) is 19.7. The van der Waals surface area contributed by atoms with Crippen molar-refractivity contribution >= 4 is 51.9 Å². The first kappa shape index (κ1) is 30.5. The Kier molecular flexibility index (Phi) is 10.0. The number of carbonyl (C=O) groups excluding carboxylic acids is 2. The van der Waals surface area contributed by atoms with Crippen LogP contribution in [0.15, 0.2) is 57.5 Å². The van der Waals surface area contributed by atoms with E-state index in [1.165, 1.54) is 11.3 Å². The molecule has 0 spiro atoms. The first-order valence-corrected chi connectivity index (χ1v) is 15.1. The highest BCUT2D eigenvalue weighted by molar-refractivity contribution is 14.1. The predicted octanol–water partition coefficient (Wildman–Crippen LogP) is 4.05. The molecule has 1 aliphatic rings. The van der Waals surface area contributed by atoms with Crippen molar-refractivity contribution in [1.82, 2.24) is 4.57 Å². The van der Waals surface area contributed by atoms with E-state index in [0.717, 1.165) is 11.1 Å². The molecule has 9 nitrogen and oxygen atoms in total. The molecule has 0 saturated heterocycles. The van der Waals surface area contributed by atoms with Crippen molar-refractivity contribution in [2.75, 3.05) is 26.4 Å². The number of esters is 2. The van der Waals surface area contributed by atoms with Crippen LogP contribution in [0.5, 0.6) is 11.5 Å². The Balaban J connectivity index is 1.83. The van der Waals surface area contributed by atoms with Gasteiger partial charge in [-0.3, -0.25) is 9.36 Å². The van der Waals surface area contributed by atoms with Gasteiger partial charge in [0, 0.05) is 0 Å². The van der Waals surface area contributed by atoms with Crippen molar-refractivity contribution in [2.45, 2.75) is 40.7 Å². The van der Waals surface area contributed by atoms with E-state index in [1.54, 1.807) is 37.5 Å². The Morgan fingerprint density at radius 1 is 1.02 bits per heavy atom. The number of aromatic nitrogens is 1. The Hall–Kier alpha value is -3.45. The summed E-state index contributed by atoms with van der Waals surface area (Å²) in [7, 11) is 0. The molecule has 11 heteroatoms. The number of thiazole rings is 1. The zero-order valence-electron chi connectivity index (χ0n) is 23.5. The van der Waals surface area contributed by atoms with E-state index in [-0.39, 0.29) is 25.4 Å². The molecular weight excluding hydrogens is 659 g/mol. The summed E-state index contributed by atoms with van der Waals surface area (Å²) in [5.41, 5.74) is 3.14. The second kappa shape index (κ2) is 13.5. The smallest absolute Gasteiger partial charge is 0.344 e. The Morgan fingerprint density at radius 3 is 2.39 bits per heavy atom. The lowest BCUT2D eigenvalue weighted by atomic mass is 9.95. The molecular formula is C30H31IN2O7S. The number of hydrogen-bond donors (Lipinski definition) is 0. The highest BCUT2D eigenvalue weighted by Gasteiger charge is 2.33. The summed E-state index contributed by atoms with van der Waals surface area (Å²) in [4.78, 5) is 43.9. The van der Waals surface area contributed by atoms with Crippen LogP contribution in [0.2, 0.25) is 0 Å². The lowest BCUT2D eigenvalue weighted by Gasteiger charge is -2.24. The molecule has 0 amide bonds. The lowest BCUT2D eigenvalue weighted by molar-refractivity contribution is -0.145. The fourth-order valence-electron chi connectivity index (χ4n) is 4.42. The third kappa shape index (κ3) is 6.72. The van der Waals surface area contributed by atoms with Gasteiger partial charge in [-0.15, -0.1) is 0 Å². The Labute approximate surface area is 255 Å². The lowest BCUT2D eigenvalue weighted by Crippen LogP contribution is -2.39. The fourth-order valence-corrected chi connectivity index (χ4v) is 6.24. The van der Waals surface area contributed by atoms with Gasteiger partial charge in [-0.05, 0) is 86.5 Å². The van der Waals surface area contributed by atoms with E-state index in [2.05, 4.69) is 27.6 Å². The Morgan fingerprint density at radius 2 is 1.73 bits per heavy atom. The number of aryl methyl sites for hydroxylation is 1. The van der Waals surface area contributed by atoms with Gasteiger partial charge >= 0.3 is 11.9 Å². The van der Waals surface area contributed by atoms with E-state index < -0.39 is 18.0 Å². The molecule has 1 aliphatic heterocycles. The van der Waals surface area contributed by atoms with Gasteiger partial charge in [0.1, 0.15) is 0 Å². The quantitative estimate of drug-likeness (QED) is 0.234. The maximum Gasteiger partial charge on any atom is 0.344 e. The SMILES string of the molecule is CCOC(=O)COc1c(I)cc(/C=c2/sc3n(c2=O)[C@H](c2ccc(C)cc2)C(C(=O)OCC)=C(C)N=3)cc1OCC. The summed E-state index contributed by atoms with van der Waals surface area (Å²) in [5.74, 6) is -0.103. The molecule has 0 fully saturated rings. The minimum Gasteiger partial charge on any atom is -0.490 e. The number of benzene rings is 2. The molecule has 41 heavy (non-hydrogen) atoms. The number of halogens is 1. The number of ether oxygens (including phenoxy) is 4. The molecule has 1 atom stereocenters. The van der Waals surface area contributed by atoms with Crippen molar-refractivity contribution in [3.8, 4) is 11.5 Å². The van der Waals surface area contributed by atoms with Gasteiger partial charge in [-0.1, -0.05) is 41.2 Å². The molecule has 0 radical (unpaired) electrons. The summed E-state index contributed by atoms with van der Waals surface area (Å²) >= 11 is 3.35. The van der Waals surface area contributed by atoms with Crippen LogP contribution in [-0.2, 0) is 19.1 Å². The molecule has 0 unspecified atom stereocenters. The van der Waals surface area contributed by atoms with E-state index in [9.17, 15) is 14.4 Å². The summed E-state index contributed by atoms with van der Waals surface area (Å²) in [6.45, 7) is 9.67. The molecule has 3 aromatic rings. The van der Waals surface area contributed by atoms with Crippen molar-refractivity contribution in [3.05, 3.63) is 87.6 Å². The number of allylic oxidation sites excluding steroid dienone is 1. The standard InChI is InChI=1S/C30H31IN2O7S/c1-6-37-22-14-19(13-21(31)27(22)40-16-24(34)38-7-2)15-23-28(35)33-26(20-11-9-17(4)10-12-20)25(29(36)39-8-3)18(5)32-30(33)41-23/h9-15,26H,6-8,16H2,1-5H3/b23-15+/t26-/m1/s1. The summed E-state index contributed by atoms with van der Waals surface area (Å²) in [5, 5.41) is 0. The van der Waals surface area contributed by atoms with Crippen LogP contribution in [0.1, 0.15) is 50.4 Å². The monoisotopic (exact) mass is 690 g/mol. The second-order valence-electron chi connectivity index (χ2n) is 9.07. The number of hydrogen-bond acceptors (Lipinski definition) is 9. The van der Waals surface area contributed by atoms with Crippen molar-refractivity contribution in [3.63, 3.8) is 0 Å². The number of carbonyl (C=O) groups is 2. The Bertz CT molecular complexity index is 1670. The van der Waals surface area contributed by atoms with Crippen LogP contribution in [0.25, 0.3) is 6.08 Å². The third-order valence-electron chi connectivity index (χ3n) is 6.18. The molecule has 2 heterocycles. The van der Waals surface area contributed by atoms with Gasteiger partial charge in [-0.25, -0.2) is 14.6 Å². The molecule has 1 aromatic heterocycles. The molecule has 2 aromatic carbocycles. The van der Waals surface area contributed by atoms with Gasteiger partial charge < -0.3 is 18.9 Å². The summed E-state index contributed by atoms with van der Waals surface area (Å²) in [6, 6.07) is 10.7. The van der Waals surface area contributed by atoms with Crippen molar-refractivity contribution in [1.29, 1.82) is 0 Å². The molecule has 0 saturated carbocycles. The topological polar surface area (TPSA) is 105 Å². The van der Waals surface area contributed by atoms with Crippen molar-refractivity contribution in [2.24, 2.45) is 4.99 Å². The molecule has 4 rings (SSSR count). The van der Waals surface area contributed by atoms with Gasteiger partial charge in [0.2, 0.25) is 0 Å². The zero-order valence-corrected chi connectivity index (χ0v) is 26.5. The largest absolute Gasteiger partial charge is 0.490 e. The minimum absolute atomic E-state index is 0.209. The normalized spacial score (nSPS) is 14.8. The van der Waals surface area contributed by atoms with Crippen LogP contribution in [0.3, 0.4) is 0 Å². The zero-order chi connectivity index (χ0) is 29.7. The van der Waals surface area contributed by atoms with Crippen molar-refractivity contribution < 1.29 is 28.5 Å². The highest BCUT2D eigenvalue weighted by atomic mass is 127. The predicted molar refractivity (Wildman–Crippen MR) is 164 cm³/mol. The van der Waals surface area contributed by atoms with Gasteiger partial charge in [0.15, 0.2) is 22.9 Å². The maximum absolute atomic E-state index is 13.9.